The maximum atomic E-state index is 11.8. The summed E-state index contributed by atoms with van der Waals surface area (Å²) in [5, 5.41) is 77.1. The molecule has 0 bridgehead atoms. The van der Waals surface area contributed by atoms with E-state index in [1.807, 2.05) is 0 Å². The number of benzene rings is 6. The number of non-ortho nitro benzene ring substituents is 2. The molecule has 0 unspecified atom stereocenters. The van der Waals surface area contributed by atoms with Crippen molar-refractivity contribution in [2.75, 3.05) is 11.5 Å². The molecule has 0 amide bonds. The number of rotatable bonds is 10. The predicted molar refractivity (Wildman–Crippen MR) is 223 cm³/mol. The third kappa shape index (κ3) is 11.0. The number of hydrogen-bond acceptors (Lipinski definition) is 22. The van der Waals surface area contributed by atoms with Gasteiger partial charge in [-0.2, -0.15) is 33.7 Å². The zero-order chi connectivity index (χ0) is 48.0. The van der Waals surface area contributed by atoms with Crippen molar-refractivity contribution < 1.29 is 107 Å². The van der Waals surface area contributed by atoms with Crippen LogP contribution in [0.3, 0.4) is 0 Å². The first-order valence-corrected chi connectivity index (χ1v) is 22.0. The molecule has 0 atom stereocenters. The van der Waals surface area contributed by atoms with Crippen molar-refractivity contribution in [3.8, 4) is 23.0 Å². The van der Waals surface area contributed by atoms with Gasteiger partial charge in [0, 0.05) is 63.8 Å². The summed E-state index contributed by atoms with van der Waals surface area (Å²) in [4.78, 5) is 15.6. The largest absolute Gasteiger partial charge is 1.00 e. The van der Waals surface area contributed by atoms with Gasteiger partial charge in [-0.15, -0.1) is 20.5 Å². The maximum absolute atomic E-state index is 11.8. The molecule has 6 aromatic rings. The molecule has 0 radical (unpaired) electrons. The van der Waals surface area contributed by atoms with Gasteiger partial charge in [0.2, 0.25) is 0 Å². The van der Waals surface area contributed by atoms with E-state index >= 15 is 0 Å². The van der Waals surface area contributed by atoms with Crippen LogP contribution in [0, 0.1) is 20.2 Å². The Morgan fingerprint density at radius 1 is 0.462 bits per heavy atom. The first-order chi connectivity index (χ1) is 29.4. The van der Waals surface area contributed by atoms with Gasteiger partial charge in [0.25, 0.3) is 51.8 Å². The van der Waals surface area contributed by atoms with E-state index in [1.54, 1.807) is 0 Å². The molecule has 0 fully saturated rings. The second-order valence-electron chi connectivity index (χ2n) is 12.5. The second-order valence-corrected chi connectivity index (χ2v) is 18.1. The SMILES string of the molecule is Nc1ccc2c(O)c(N=Nc3cc([N+](=O)[O-])cc(S(=O)(=O)O)c3O)c(S(=O)(=O)O)cc2c1.Nc1ccc2c(O)c(N=Nc3cc([N+](=O)[O-])cc(S(=O)(=O)O)c3O)c(S(=O)(=O)O)cc2c1.[Cr].[H+].[H+].[H+].[H+].[H+]. The minimum Gasteiger partial charge on any atom is -0.505 e. The van der Waals surface area contributed by atoms with E-state index in [1.165, 1.54) is 36.4 Å². The number of azo groups is 2. The van der Waals surface area contributed by atoms with E-state index in [0.717, 1.165) is 12.1 Å². The van der Waals surface area contributed by atoms with E-state index in [2.05, 4.69) is 20.5 Å². The molecule has 0 aliphatic carbocycles. The van der Waals surface area contributed by atoms with Crippen LogP contribution < -0.4 is 11.5 Å². The number of nitro benzene ring substituents is 2. The maximum Gasteiger partial charge on any atom is 1.00 e. The Hall–Kier alpha value is -7.19. The molecule has 0 heterocycles. The van der Waals surface area contributed by atoms with Crippen molar-refractivity contribution in [2.45, 2.75) is 19.6 Å². The van der Waals surface area contributed by atoms with Crippen LogP contribution >= 0.6 is 0 Å². The fourth-order valence-corrected chi connectivity index (χ4v) is 8.00. The molecule has 28 nitrogen and oxygen atoms in total. The minimum absolute atomic E-state index is 0. The summed E-state index contributed by atoms with van der Waals surface area (Å²) in [5.41, 5.74) is 6.52. The van der Waals surface area contributed by atoms with Crippen molar-refractivity contribution in [1.82, 2.24) is 0 Å². The predicted octanol–water partition coefficient (Wildman–Crippen LogP) is 5.86. The summed E-state index contributed by atoms with van der Waals surface area (Å²) >= 11 is 0. The second kappa shape index (κ2) is 18.1. The Bertz CT molecular complexity index is 3330. The summed E-state index contributed by atoms with van der Waals surface area (Å²) in [7, 11) is -20.2. The molecule has 6 rings (SSSR count). The summed E-state index contributed by atoms with van der Waals surface area (Å²) in [5.74, 6) is -4.02. The Balaban J connectivity index is 0. The van der Waals surface area contributed by atoms with Gasteiger partial charge >= 0.3 is 7.13 Å². The van der Waals surface area contributed by atoms with E-state index in [4.69, 9.17) is 11.5 Å². The average molecular weight is 1030 g/mol. The van der Waals surface area contributed by atoms with Gasteiger partial charge in [-0.25, -0.2) is 0 Å². The number of fused-ring (bicyclic) bond motifs is 2. The van der Waals surface area contributed by atoms with Crippen LogP contribution in [0.1, 0.15) is 7.13 Å². The summed E-state index contributed by atoms with van der Waals surface area (Å²) in [6, 6.07) is 11.7. The minimum atomic E-state index is -5.12. The quantitative estimate of drug-likeness (QED) is 0.0252. The molecular formula is C32H29CrN8O20S4+5. The molecular weight excluding hydrogens is 997 g/mol. The zero-order valence-electron chi connectivity index (χ0n) is 36.3. The monoisotopic (exact) mass is 1020 g/mol. The van der Waals surface area contributed by atoms with Crippen molar-refractivity contribution in [3.05, 3.63) is 93.0 Å². The standard InChI is InChI=1S/2C16H12N4O10S2.Cr/c2*17-8-1-2-10-7(3-8)4-12(31(25,26)27)14(15(10)21)19-18-11-5-9(20(23)24)6-13(16(11)22)32(28,29)30;/h2*1-6,21-22H,17H2,(H,25,26,27)(H,28,29,30);/p+5. The van der Waals surface area contributed by atoms with Crippen molar-refractivity contribution >= 4 is 108 Å². The molecule has 342 valence electrons. The van der Waals surface area contributed by atoms with Crippen molar-refractivity contribution in [3.63, 3.8) is 0 Å². The van der Waals surface area contributed by atoms with Crippen LogP contribution in [0.4, 0.5) is 45.5 Å². The number of nitrogen functional groups attached to an aromatic ring is 2. The fourth-order valence-electron chi connectivity index (χ4n) is 5.45. The molecule has 0 spiro atoms. The van der Waals surface area contributed by atoms with Crippen LogP contribution in [-0.4, -0.2) is 82.2 Å². The Kier molecular flexibility index (Phi) is 14.1. The molecule has 0 saturated heterocycles. The van der Waals surface area contributed by atoms with Gasteiger partial charge in [0.05, 0.1) is 9.85 Å². The third-order valence-corrected chi connectivity index (χ3v) is 11.7. The first kappa shape index (κ1) is 50.5. The smallest absolute Gasteiger partial charge is 0.505 e. The number of nitrogens with zero attached hydrogens (tertiary/aromatic N) is 6. The number of phenols is 4. The number of nitrogens with two attached hydrogens (primary N) is 2. The molecule has 0 aromatic heterocycles. The Labute approximate surface area is 380 Å². The van der Waals surface area contributed by atoms with Crippen molar-refractivity contribution in [2.24, 2.45) is 20.5 Å². The number of hydrogen-bond donors (Lipinski definition) is 10. The number of anilines is 2. The van der Waals surface area contributed by atoms with Crippen LogP contribution in [-0.2, 0) is 57.8 Å². The van der Waals surface area contributed by atoms with Gasteiger partial charge in [-0.1, -0.05) is 0 Å². The summed E-state index contributed by atoms with van der Waals surface area (Å²) in [6.07, 6.45) is 0. The van der Waals surface area contributed by atoms with E-state index in [9.17, 15) is 92.5 Å². The topological polar surface area (TPSA) is 486 Å². The van der Waals surface area contributed by atoms with E-state index < -0.39 is 127 Å². The molecule has 6 aromatic carbocycles. The van der Waals surface area contributed by atoms with Crippen molar-refractivity contribution in [1.29, 1.82) is 0 Å². The normalized spacial score (nSPS) is 12.2. The van der Waals surface area contributed by atoms with E-state index in [0.29, 0.717) is 24.3 Å². The Morgan fingerprint density at radius 2 is 0.769 bits per heavy atom. The van der Waals surface area contributed by atoms with Gasteiger partial charge in [-0.05, 0) is 59.3 Å². The first-order valence-electron chi connectivity index (χ1n) is 16.3. The van der Waals surface area contributed by atoms with Gasteiger partial charge < -0.3 is 31.9 Å². The summed E-state index contributed by atoms with van der Waals surface area (Å²) < 4.78 is 130. The van der Waals surface area contributed by atoms with Gasteiger partial charge in [0.1, 0.15) is 42.3 Å². The van der Waals surface area contributed by atoms with Crippen LogP contribution in [0.25, 0.3) is 21.5 Å². The number of aromatic hydroxyl groups is 4. The zero-order valence-corrected chi connectivity index (χ0v) is 35.8. The number of phenolic OH excluding ortho intramolecular Hbond substituents is 4. The average Bonchev–Trinajstić information content (AvgIpc) is 3.16. The van der Waals surface area contributed by atoms with Gasteiger partial charge in [-0.3, -0.25) is 38.4 Å². The van der Waals surface area contributed by atoms with Gasteiger partial charge in [0.15, 0.2) is 23.0 Å². The molecule has 65 heavy (non-hydrogen) atoms. The molecule has 0 aliphatic heterocycles. The van der Waals surface area contributed by atoms with Crippen LogP contribution in [0.5, 0.6) is 23.0 Å². The summed E-state index contributed by atoms with van der Waals surface area (Å²) in [6.45, 7) is 0. The Morgan fingerprint density at radius 3 is 1.05 bits per heavy atom. The fraction of sp³-hybridized carbons (Fsp3) is 0. The third-order valence-electron chi connectivity index (χ3n) is 8.28. The molecule has 12 N–H and O–H groups in total. The molecule has 0 saturated carbocycles. The van der Waals surface area contributed by atoms with E-state index in [-0.39, 0.29) is 57.4 Å². The van der Waals surface area contributed by atoms with Crippen LogP contribution in [0.15, 0.2) is 113 Å². The molecule has 0 aliphatic rings. The number of nitro groups is 2. The molecule has 33 heteroatoms. The van der Waals surface area contributed by atoms with Crippen LogP contribution in [0.2, 0.25) is 0 Å².